The third-order valence-corrected chi connectivity index (χ3v) is 5.13. The van der Waals surface area contributed by atoms with Crippen molar-refractivity contribution in [1.29, 1.82) is 0 Å². The van der Waals surface area contributed by atoms with Crippen molar-refractivity contribution in [3.8, 4) is 22.5 Å². The third-order valence-electron chi connectivity index (χ3n) is 5.13. The summed E-state index contributed by atoms with van der Waals surface area (Å²) in [5, 5.41) is 0. The molecule has 2 nitrogen and oxygen atoms in total. The van der Waals surface area contributed by atoms with Crippen LogP contribution in [0.5, 0.6) is 0 Å². The van der Waals surface area contributed by atoms with E-state index in [1.165, 1.54) is 12.3 Å². The van der Waals surface area contributed by atoms with Crippen LogP contribution in [0, 0.1) is 19.0 Å². The summed E-state index contributed by atoms with van der Waals surface area (Å²) in [5.74, 6) is -0.924. The Morgan fingerprint density at radius 1 is 0.706 bits per heavy atom. The Bertz CT molecular complexity index is 1390. The summed E-state index contributed by atoms with van der Waals surface area (Å²) in [6, 6.07) is 38.1. The van der Waals surface area contributed by atoms with Crippen LogP contribution in [0.1, 0.15) is 35.0 Å². The van der Waals surface area contributed by atoms with Crippen molar-refractivity contribution in [2.45, 2.75) is 19.7 Å². The van der Waals surface area contributed by atoms with E-state index in [9.17, 15) is 0 Å². The van der Waals surface area contributed by atoms with E-state index in [0.29, 0.717) is 11.3 Å². The molecular formula is C31H26IrN2-2. The fraction of sp³-hybridized carbons (Fsp3) is 0.0968. The molecule has 1 atom stereocenters. The summed E-state index contributed by atoms with van der Waals surface area (Å²) in [6.45, 7) is -0.336. The molecule has 2 heterocycles. The van der Waals surface area contributed by atoms with Gasteiger partial charge in [-0.1, -0.05) is 61.0 Å². The van der Waals surface area contributed by atoms with Gasteiger partial charge in [0.2, 0.25) is 0 Å². The average molecular weight is 623 g/mol. The fourth-order valence-corrected chi connectivity index (χ4v) is 3.36. The molecule has 0 N–H and O–H groups in total. The van der Waals surface area contributed by atoms with Crippen molar-refractivity contribution < 1.29 is 25.6 Å². The molecule has 0 aliphatic rings. The number of hydrogen-bond acceptors (Lipinski definition) is 2. The molecule has 0 aliphatic carbocycles. The fourth-order valence-electron chi connectivity index (χ4n) is 3.36. The molecule has 5 rings (SSSR count). The van der Waals surface area contributed by atoms with Gasteiger partial charge < -0.3 is 9.97 Å². The van der Waals surface area contributed by atoms with E-state index >= 15 is 0 Å². The Kier molecular flexibility index (Phi) is 7.50. The zero-order chi connectivity index (χ0) is 26.3. The monoisotopic (exact) mass is 623 g/mol. The number of benzene rings is 3. The maximum Gasteiger partial charge on any atom is 0.0383 e. The molecule has 2 aromatic heterocycles. The minimum atomic E-state index is -2.18. The summed E-state index contributed by atoms with van der Waals surface area (Å²) in [7, 11) is 0. The minimum absolute atomic E-state index is 0. The second-order valence-corrected chi connectivity index (χ2v) is 7.40. The van der Waals surface area contributed by atoms with E-state index in [2.05, 4.69) is 22.1 Å². The second kappa shape index (κ2) is 12.7. The molecule has 5 aromatic rings. The second-order valence-electron chi connectivity index (χ2n) is 7.40. The van der Waals surface area contributed by atoms with Gasteiger partial charge in [0.25, 0.3) is 0 Å². The topological polar surface area (TPSA) is 25.8 Å². The van der Waals surface area contributed by atoms with Gasteiger partial charge in [-0.2, -0.15) is 0 Å². The van der Waals surface area contributed by atoms with E-state index in [0.717, 1.165) is 22.4 Å². The van der Waals surface area contributed by atoms with Gasteiger partial charge in [0.05, 0.1) is 0 Å². The third kappa shape index (κ3) is 6.81. The van der Waals surface area contributed by atoms with E-state index in [1.54, 1.807) is 18.3 Å². The molecule has 34 heavy (non-hydrogen) atoms. The molecule has 1 unspecified atom stereocenters. The van der Waals surface area contributed by atoms with E-state index in [-0.39, 0.29) is 25.7 Å². The van der Waals surface area contributed by atoms with Gasteiger partial charge >= 0.3 is 0 Å². The Hall–Kier alpha value is -3.39. The maximum atomic E-state index is 8.78. The van der Waals surface area contributed by atoms with Gasteiger partial charge in [-0.15, -0.1) is 71.3 Å². The van der Waals surface area contributed by atoms with Crippen LogP contribution in [0.4, 0.5) is 0 Å². The molecule has 0 spiro atoms. The predicted octanol–water partition coefficient (Wildman–Crippen LogP) is 7.56. The molecule has 1 radical (unpaired) electrons. The quantitative estimate of drug-likeness (QED) is 0.194. The number of pyridine rings is 2. The number of aryl methyl sites for hydroxylation is 1. The van der Waals surface area contributed by atoms with E-state index in [4.69, 9.17) is 5.48 Å². The molecule has 3 aromatic carbocycles. The first-order valence-corrected chi connectivity index (χ1v) is 10.7. The van der Waals surface area contributed by atoms with Crippen molar-refractivity contribution in [3.63, 3.8) is 0 Å². The molecule has 0 aliphatic heterocycles. The van der Waals surface area contributed by atoms with Crippen LogP contribution in [0.3, 0.4) is 0 Å². The number of rotatable bonds is 4. The zero-order valence-electron chi connectivity index (χ0n) is 22.7. The summed E-state index contributed by atoms with van der Waals surface area (Å²) in [6.07, 6.45) is 3.28. The Morgan fingerprint density at radius 3 is 2.21 bits per heavy atom. The SMILES string of the molecule is [2H]C([2H])([2H])c1ccnc(-c2[c-]ccc(C([2H])(C)c3ccccc3)c2)c1.[Ir].[c-]1ccccc1-c1ccccn1. The minimum Gasteiger partial charge on any atom is -0.305 e. The molecule has 0 saturated carbocycles. The normalized spacial score (nSPS) is 13.9. The smallest absolute Gasteiger partial charge is 0.0383 e. The van der Waals surface area contributed by atoms with Crippen LogP contribution in [0.15, 0.2) is 116 Å². The van der Waals surface area contributed by atoms with Crippen molar-refractivity contribution in [2.24, 2.45) is 0 Å². The summed E-state index contributed by atoms with van der Waals surface area (Å²) in [4.78, 5) is 8.49. The van der Waals surface area contributed by atoms with Crippen LogP contribution in [-0.2, 0) is 20.1 Å². The predicted molar refractivity (Wildman–Crippen MR) is 136 cm³/mol. The Balaban J connectivity index is 0.000000258. The van der Waals surface area contributed by atoms with Crippen LogP contribution < -0.4 is 0 Å². The van der Waals surface area contributed by atoms with E-state index < -0.39 is 12.7 Å². The number of hydrogen-bond donors (Lipinski definition) is 0. The zero-order valence-corrected chi connectivity index (χ0v) is 21.1. The number of aromatic nitrogens is 2. The first-order chi connectivity index (χ1) is 17.7. The molecule has 0 fully saturated rings. The first kappa shape index (κ1) is 20.0. The van der Waals surface area contributed by atoms with Crippen LogP contribution >= 0.6 is 0 Å². The van der Waals surface area contributed by atoms with Crippen LogP contribution in [0.2, 0.25) is 0 Å². The number of nitrogens with zero attached hydrogens (tertiary/aromatic N) is 2. The summed E-state index contributed by atoms with van der Waals surface area (Å²) in [5.41, 5.74) is 5.16. The van der Waals surface area contributed by atoms with Gasteiger partial charge in [-0.25, -0.2) is 0 Å². The van der Waals surface area contributed by atoms with Gasteiger partial charge in [0, 0.05) is 38.0 Å². The Labute approximate surface area is 221 Å². The summed E-state index contributed by atoms with van der Waals surface area (Å²) < 4.78 is 31.4. The largest absolute Gasteiger partial charge is 0.305 e. The standard InChI is InChI=1S/C20H18N.C11H8N.Ir/c1-15-11-12-21-20(13-15)19-10-6-9-18(14-19)16(2)17-7-4-3-5-8-17;1-2-6-10(7-3-1)11-8-4-5-9-12-11;/h3-9,11-14,16H,1-2H3;1-6,8-9H;/q2*-1;/i1D3,16D;;. The van der Waals surface area contributed by atoms with Gasteiger partial charge in [0.1, 0.15) is 0 Å². The van der Waals surface area contributed by atoms with Crippen molar-refractivity contribution >= 4 is 0 Å². The molecule has 3 heteroatoms. The van der Waals surface area contributed by atoms with Gasteiger partial charge in [-0.05, 0) is 41.8 Å². The molecule has 0 saturated heterocycles. The molecule has 0 amide bonds. The van der Waals surface area contributed by atoms with Gasteiger partial charge in [-0.3, -0.25) is 0 Å². The first-order valence-electron chi connectivity index (χ1n) is 12.7. The van der Waals surface area contributed by atoms with Crippen molar-refractivity contribution in [1.82, 2.24) is 9.97 Å². The Morgan fingerprint density at radius 2 is 1.47 bits per heavy atom. The summed E-state index contributed by atoms with van der Waals surface area (Å²) >= 11 is 0. The van der Waals surface area contributed by atoms with Gasteiger partial charge in [0.15, 0.2) is 0 Å². The maximum absolute atomic E-state index is 8.78. The van der Waals surface area contributed by atoms with Crippen LogP contribution in [0.25, 0.3) is 22.5 Å². The van der Waals surface area contributed by atoms with Crippen molar-refractivity contribution in [2.75, 3.05) is 0 Å². The molecule has 0 bridgehead atoms. The van der Waals surface area contributed by atoms with Crippen molar-refractivity contribution in [3.05, 3.63) is 144 Å². The average Bonchev–Trinajstić information content (AvgIpc) is 2.94. The molecule has 171 valence electrons. The molecular weight excluding hydrogens is 593 g/mol. The van der Waals surface area contributed by atoms with E-state index in [1.807, 2.05) is 91.9 Å². The van der Waals surface area contributed by atoms with Crippen LogP contribution in [-0.4, -0.2) is 9.97 Å².